The number of aryl methyl sites for hydroxylation is 1. The summed E-state index contributed by atoms with van der Waals surface area (Å²) in [6, 6.07) is 13.6. The number of carboxylic acid groups (broad SMARTS) is 1. The van der Waals surface area contributed by atoms with Crippen LogP contribution in [0, 0.1) is 0 Å². The third-order valence-electron chi connectivity index (χ3n) is 5.93. The molecular weight excluding hydrogens is 446 g/mol. The molecule has 0 unspecified atom stereocenters. The summed E-state index contributed by atoms with van der Waals surface area (Å²) in [5.41, 5.74) is 11.1. The molecule has 0 saturated carbocycles. The van der Waals surface area contributed by atoms with E-state index in [4.69, 9.17) is 20.6 Å². The summed E-state index contributed by atoms with van der Waals surface area (Å²) in [7, 11) is 6.97. The summed E-state index contributed by atoms with van der Waals surface area (Å²) in [5.74, 6) is 0.976. The van der Waals surface area contributed by atoms with Gasteiger partial charge in [0.2, 0.25) is 5.95 Å². The van der Waals surface area contributed by atoms with Gasteiger partial charge in [0.05, 0.1) is 29.9 Å². The predicted molar refractivity (Wildman–Crippen MR) is 139 cm³/mol. The van der Waals surface area contributed by atoms with Gasteiger partial charge in [0.1, 0.15) is 5.75 Å². The fourth-order valence-electron chi connectivity index (χ4n) is 3.93. The largest absolute Gasteiger partial charge is 0.494 e. The zero-order chi connectivity index (χ0) is 25.1. The number of hydrogen-bond donors (Lipinski definition) is 3. The molecule has 182 valence electrons. The van der Waals surface area contributed by atoms with E-state index in [1.165, 1.54) is 11.9 Å². The molecule has 0 radical (unpaired) electrons. The van der Waals surface area contributed by atoms with Crippen molar-refractivity contribution in [3.63, 3.8) is 0 Å². The van der Waals surface area contributed by atoms with Gasteiger partial charge in [-0.25, -0.2) is 14.8 Å². The highest BCUT2D eigenvalue weighted by Gasteiger charge is 2.16. The minimum atomic E-state index is -0.978. The minimum absolute atomic E-state index is 0.336. The first kappa shape index (κ1) is 23.7. The Morgan fingerprint density at radius 1 is 1.20 bits per heavy atom. The molecule has 4 rings (SSSR count). The van der Waals surface area contributed by atoms with Crippen LogP contribution in [-0.2, 0) is 7.05 Å². The van der Waals surface area contributed by atoms with Gasteiger partial charge in [-0.2, -0.15) is 0 Å². The monoisotopic (exact) mass is 475 g/mol. The van der Waals surface area contributed by atoms with Crippen molar-refractivity contribution in [2.24, 2.45) is 7.05 Å². The summed E-state index contributed by atoms with van der Waals surface area (Å²) in [5, 5.41) is 13.4. The number of aromatic nitrogens is 3. The van der Waals surface area contributed by atoms with Gasteiger partial charge in [-0.1, -0.05) is 18.2 Å². The Morgan fingerprint density at radius 3 is 2.71 bits per heavy atom. The van der Waals surface area contributed by atoms with Crippen LogP contribution in [0.2, 0.25) is 0 Å². The molecule has 0 aliphatic carbocycles. The number of nitrogens with two attached hydrogens (primary N) is 1. The van der Waals surface area contributed by atoms with E-state index < -0.39 is 6.09 Å². The number of para-hydroxylation sites is 1. The first-order valence-electron chi connectivity index (χ1n) is 11.1. The molecule has 0 bridgehead atoms. The molecule has 35 heavy (non-hydrogen) atoms. The second kappa shape index (κ2) is 9.80. The van der Waals surface area contributed by atoms with E-state index in [2.05, 4.69) is 33.2 Å². The van der Waals surface area contributed by atoms with Crippen molar-refractivity contribution in [1.82, 2.24) is 19.4 Å². The smallest absolute Gasteiger partial charge is 0.407 e. The number of amides is 1. The molecule has 0 atom stereocenters. The van der Waals surface area contributed by atoms with Crippen LogP contribution >= 0.6 is 0 Å². The number of hydrogen-bond acceptors (Lipinski definition) is 7. The first-order chi connectivity index (χ1) is 16.8. The molecule has 4 aromatic rings. The van der Waals surface area contributed by atoms with Crippen molar-refractivity contribution >= 4 is 40.0 Å². The molecule has 2 aromatic heterocycles. The standard InChI is InChI=1S/C25H29N7O3/c1-30(11-12-31(2)25(33)34)22-14-23(35-4)20(13-18(22)26)29-24-27-10-9-19(28-24)17-15-32(3)21-8-6-5-7-16(17)21/h5-10,13-15H,11-12,26H2,1-4H3,(H,33,34)(H,27,28,29). The molecule has 2 heterocycles. The van der Waals surface area contributed by atoms with Crippen LogP contribution in [0.4, 0.5) is 27.8 Å². The fourth-order valence-corrected chi connectivity index (χ4v) is 3.93. The van der Waals surface area contributed by atoms with Crippen LogP contribution in [-0.4, -0.2) is 64.9 Å². The van der Waals surface area contributed by atoms with E-state index >= 15 is 0 Å². The molecule has 0 fully saturated rings. The molecule has 2 aromatic carbocycles. The SMILES string of the molecule is COc1cc(N(C)CCN(C)C(=O)O)c(N)cc1Nc1nccc(-c2cn(C)c3ccccc23)n1. The van der Waals surface area contributed by atoms with Crippen molar-refractivity contribution in [3.8, 4) is 17.0 Å². The Labute approximate surface area is 203 Å². The lowest BCUT2D eigenvalue weighted by Crippen LogP contribution is -2.34. The predicted octanol–water partition coefficient (Wildman–Crippen LogP) is 4.02. The molecular formula is C25H29N7O3. The third kappa shape index (κ3) is 4.91. The summed E-state index contributed by atoms with van der Waals surface area (Å²) >= 11 is 0. The maximum atomic E-state index is 11.1. The highest BCUT2D eigenvalue weighted by atomic mass is 16.5. The Hall–Kier alpha value is -4.47. The second-order valence-electron chi connectivity index (χ2n) is 8.30. The maximum absolute atomic E-state index is 11.1. The molecule has 10 nitrogen and oxygen atoms in total. The van der Waals surface area contributed by atoms with E-state index in [0.29, 0.717) is 36.2 Å². The van der Waals surface area contributed by atoms with Gasteiger partial charge < -0.3 is 35.3 Å². The molecule has 0 spiro atoms. The van der Waals surface area contributed by atoms with Gasteiger partial charge in [-0.3, -0.25) is 0 Å². The summed E-state index contributed by atoms with van der Waals surface area (Å²) < 4.78 is 7.67. The van der Waals surface area contributed by atoms with Crippen molar-refractivity contribution in [1.29, 1.82) is 0 Å². The number of nitrogens with one attached hydrogen (secondary N) is 1. The van der Waals surface area contributed by atoms with E-state index in [0.717, 1.165) is 27.8 Å². The number of nitrogens with zero attached hydrogens (tertiary/aromatic N) is 5. The average Bonchev–Trinajstić information content (AvgIpc) is 3.19. The lowest BCUT2D eigenvalue weighted by Gasteiger charge is -2.25. The van der Waals surface area contributed by atoms with E-state index in [-0.39, 0.29) is 0 Å². The summed E-state index contributed by atoms with van der Waals surface area (Å²) in [4.78, 5) is 23.3. The van der Waals surface area contributed by atoms with Crippen molar-refractivity contribution < 1.29 is 14.6 Å². The highest BCUT2D eigenvalue weighted by Crippen LogP contribution is 2.36. The van der Waals surface area contributed by atoms with E-state index in [1.54, 1.807) is 19.4 Å². The zero-order valence-corrected chi connectivity index (χ0v) is 20.2. The van der Waals surface area contributed by atoms with Gasteiger partial charge >= 0.3 is 6.09 Å². The number of benzene rings is 2. The van der Waals surface area contributed by atoms with Crippen LogP contribution in [0.3, 0.4) is 0 Å². The number of nitrogen functional groups attached to an aromatic ring is 1. The topological polar surface area (TPSA) is 122 Å². The maximum Gasteiger partial charge on any atom is 0.407 e. The summed E-state index contributed by atoms with van der Waals surface area (Å²) in [6.07, 6.45) is 2.79. The van der Waals surface area contributed by atoms with E-state index in [9.17, 15) is 4.79 Å². The lowest BCUT2D eigenvalue weighted by atomic mass is 10.1. The normalized spacial score (nSPS) is 10.9. The lowest BCUT2D eigenvalue weighted by molar-refractivity contribution is 0.157. The molecule has 1 amide bonds. The Morgan fingerprint density at radius 2 is 1.97 bits per heavy atom. The Bertz CT molecular complexity index is 1370. The van der Waals surface area contributed by atoms with Gasteiger partial charge in [-0.05, 0) is 18.2 Å². The van der Waals surface area contributed by atoms with Crippen LogP contribution in [0.25, 0.3) is 22.2 Å². The number of rotatable bonds is 8. The highest BCUT2D eigenvalue weighted by molar-refractivity contribution is 5.95. The summed E-state index contributed by atoms with van der Waals surface area (Å²) in [6.45, 7) is 0.807. The van der Waals surface area contributed by atoms with Crippen LogP contribution in [0.5, 0.6) is 5.75 Å². The van der Waals surface area contributed by atoms with Crippen LogP contribution in [0.15, 0.2) is 54.9 Å². The first-order valence-corrected chi connectivity index (χ1v) is 11.1. The van der Waals surface area contributed by atoms with Gasteiger partial charge in [0, 0.05) is 69.2 Å². The van der Waals surface area contributed by atoms with Crippen molar-refractivity contribution in [2.75, 3.05) is 50.2 Å². The van der Waals surface area contributed by atoms with Crippen molar-refractivity contribution in [2.45, 2.75) is 0 Å². The van der Waals surface area contributed by atoms with Crippen LogP contribution in [0.1, 0.15) is 0 Å². The molecule has 4 N–H and O–H groups in total. The molecule has 10 heteroatoms. The second-order valence-corrected chi connectivity index (χ2v) is 8.30. The average molecular weight is 476 g/mol. The molecule has 0 aliphatic heterocycles. The number of carbonyl (C=O) groups is 1. The van der Waals surface area contributed by atoms with Crippen LogP contribution < -0.4 is 20.7 Å². The molecule has 0 saturated heterocycles. The number of likely N-dealkylation sites (N-methyl/N-ethyl adjacent to an activating group) is 2. The third-order valence-corrected chi connectivity index (χ3v) is 5.93. The van der Waals surface area contributed by atoms with Gasteiger partial charge in [-0.15, -0.1) is 0 Å². The number of ether oxygens (including phenoxy) is 1. The zero-order valence-electron chi connectivity index (χ0n) is 20.2. The minimum Gasteiger partial charge on any atom is -0.494 e. The van der Waals surface area contributed by atoms with Crippen molar-refractivity contribution in [3.05, 3.63) is 54.9 Å². The number of fused-ring (bicyclic) bond motifs is 1. The number of anilines is 4. The number of methoxy groups -OCH3 is 1. The Balaban J connectivity index is 1.60. The van der Waals surface area contributed by atoms with E-state index in [1.807, 2.05) is 43.3 Å². The van der Waals surface area contributed by atoms with Gasteiger partial charge in [0.25, 0.3) is 0 Å². The quantitative estimate of drug-likeness (QED) is 0.327. The fraction of sp³-hybridized carbons (Fsp3) is 0.240. The molecule has 0 aliphatic rings. The van der Waals surface area contributed by atoms with Gasteiger partial charge in [0.15, 0.2) is 0 Å². The Kier molecular flexibility index (Phi) is 6.63.